The molecule has 1 fully saturated rings. The van der Waals surface area contributed by atoms with Crippen molar-refractivity contribution in [3.05, 3.63) is 41.7 Å². The van der Waals surface area contributed by atoms with E-state index in [0.29, 0.717) is 5.56 Å². The fourth-order valence-corrected chi connectivity index (χ4v) is 4.22. The van der Waals surface area contributed by atoms with E-state index in [9.17, 15) is 4.79 Å². The first-order valence-corrected chi connectivity index (χ1v) is 8.98. The molecule has 3 aromatic rings. The molecule has 7 nitrogen and oxygen atoms in total. The second-order valence-electron chi connectivity index (χ2n) is 6.68. The fraction of sp³-hybridized carbons (Fsp3) is 0.412. The highest BCUT2D eigenvalue weighted by Crippen LogP contribution is 2.27. The minimum atomic E-state index is -0.0903. The van der Waals surface area contributed by atoms with Crippen LogP contribution in [0.3, 0.4) is 0 Å². The maximum atomic E-state index is 12.8. The maximum absolute atomic E-state index is 12.8. The summed E-state index contributed by atoms with van der Waals surface area (Å²) in [5.41, 5.74) is 2.63. The summed E-state index contributed by atoms with van der Waals surface area (Å²) < 4.78 is 6.32. The van der Waals surface area contributed by atoms with Crippen molar-refractivity contribution in [2.24, 2.45) is 7.05 Å². The summed E-state index contributed by atoms with van der Waals surface area (Å²) >= 11 is 1.36. The maximum Gasteiger partial charge on any atom is 0.253 e. The Labute approximate surface area is 149 Å². The zero-order valence-electron chi connectivity index (χ0n) is 14.4. The molecule has 2 atom stereocenters. The van der Waals surface area contributed by atoms with Gasteiger partial charge in [-0.25, -0.2) is 9.97 Å². The summed E-state index contributed by atoms with van der Waals surface area (Å²) in [6.07, 6.45) is 5.32. The Bertz CT molecular complexity index is 932. The quantitative estimate of drug-likeness (QED) is 0.771. The van der Waals surface area contributed by atoms with Crippen molar-refractivity contribution in [2.45, 2.75) is 18.9 Å². The number of pyridine rings is 1. The minimum absolute atomic E-state index is 0.0466. The van der Waals surface area contributed by atoms with Crippen LogP contribution >= 0.6 is 11.5 Å². The van der Waals surface area contributed by atoms with E-state index in [2.05, 4.69) is 31.6 Å². The number of hydrogen-bond donors (Lipinski definition) is 1. The number of likely N-dealkylation sites (N-methyl/N-ethyl adjacent to an activating group) is 1. The average Bonchev–Trinajstić information content (AvgIpc) is 3.27. The Hall–Kier alpha value is -2.32. The Morgan fingerprint density at radius 1 is 1.32 bits per heavy atom. The molecule has 1 saturated heterocycles. The third-order valence-electron chi connectivity index (χ3n) is 4.82. The van der Waals surface area contributed by atoms with Crippen molar-refractivity contribution >= 4 is 27.7 Å². The number of carbonyl (C=O) groups is 1. The topological polar surface area (TPSA) is 75.9 Å². The molecule has 3 aromatic heterocycles. The van der Waals surface area contributed by atoms with Gasteiger partial charge in [0.1, 0.15) is 4.83 Å². The number of likely N-dealkylation sites (tertiary alicyclic amines) is 1. The van der Waals surface area contributed by atoms with E-state index in [1.165, 1.54) is 11.5 Å². The molecule has 0 bridgehead atoms. The predicted octanol–water partition coefficient (Wildman–Crippen LogP) is 1.56. The number of imidazole rings is 1. The molecule has 1 amide bonds. The van der Waals surface area contributed by atoms with E-state index >= 15 is 0 Å². The molecule has 0 spiro atoms. The Morgan fingerprint density at radius 2 is 2.16 bits per heavy atom. The first-order chi connectivity index (χ1) is 12.0. The van der Waals surface area contributed by atoms with Gasteiger partial charge in [-0.15, -0.1) is 0 Å². The van der Waals surface area contributed by atoms with Crippen molar-refractivity contribution in [2.75, 3.05) is 20.1 Å². The van der Waals surface area contributed by atoms with Crippen LogP contribution in [-0.4, -0.2) is 55.9 Å². The summed E-state index contributed by atoms with van der Waals surface area (Å²) in [6.45, 7) is 3.65. The molecule has 0 radical (unpaired) electrons. The lowest BCUT2D eigenvalue weighted by molar-refractivity contribution is 0.0935. The summed E-state index contributed by atoms with van der Waals surface area (Å²) in [6, 6.07) is 1.93. The van der Waals surface area contributed by atoms with Crippen LogP contribution in [0.2, 0.25) is 0 Å². The zero-order valence-corrected chi connectivity index (χ0v) is 15.2. The molecule has 0 aromatic carbocycles. The van der Waals surface area contributed by atoms with Gasteiger partial charge >= 0.3 is 0 Å². The van der Waals surface area contributed by atoms with E-state index < -0.39 is 0 Å². The SMILES string of the molecule is Cc1nsc2ncc(C(=O)N[C@@H]3CN(C)C[C@H]3c3cncn3C)cc12. The van der Waals surface area contributed by atoms with Gasteiger partial charge in [0.2, 0.25) is 0 Å². The molecular formula is C17H20N6OS. The Kier molecular flexibility index (Phi) is 4.01. The van der Waals surface area contributed by atoms with Crippen LogP contribution in [-0.2, 0) is 7.05 Å². The van der Waals surface area contributed by atoms with Crippen LogP contribution < -0.4 is 5.32 Å². The Morgan fingerprint density at radius 3 is 2.92 bits per heavy atom. The molecule has 1 N–H and O–H groups in total. The van der Waals surface area contributed by atoms with Crippen LogP contribution in [0.5, 0.6) is 0 Å². The van der Waals surface area contributed by atoms with Crippen molar-refractivity contribution in [3.8, 4) is 0 Å². The van der Waals surface area contributed by atoms with Gasteiger partial charge in [-0.05, 0) is 31.6 Å². The number of rotatable bonds is 3. The second kappa shape index (κ2) is 6.20. The molecule has 4 heterocycles. The van der Waals surface area contributed by atoms with Crippen molar-refractivity contribution in [3.63, 3.8) is 0 Å². The van der Waals surface area contributed by atoms with Gasteiger partial charge in [0, 0.05) is 49.5 Å². The number of aromatic nitrogens is 4. The molecule has 1 aliphatic heterocycles. The Balaban J connectivity index is 1.58. The van der Waals surface area contributed by atoms with E-state index in [4.69, 9.17) is 0 Å². The second-order valence-corrected chi connectivity index (χ2v) is 7.43. The fourth-order valence-electron chi connectivity index (χ4n) is 3.49. The molecule has 0 aliphatic carbocycles. The summed E-state index contributed by atoms with van der Waals surface area (Å²) in [7, 11) is 4.06. The van der Waals surface area contributed by atoms with Crippen LogP contribution in [0.4, 0.5) is 0 Å². The van der Waals surface area contributed by atoms with Gasteiger partial charge in [-0.1, -0.05) is 0 Å². The number of fused-ring (bicyclic) bond motifs is 1. The molecular weight excluding hydrogens is 336 g/mol. The monoisotopic (exact) mass is 356 g/mol. The van der Waals surface area contributed by atoms with E-state index in [1.807, 2.05) is 30.8 Å². The van der Waals surface area contributed by atoms with Gasteiger partial charge in [0.25, 0.3) is 5.91 Å². The number of nitrogens with zero attached hydrogens (tertiary/aromatic N) is 5. The summed E-state index contributed by atoms with van der Waals surface area (Å²) in [5.74, 6) is 0.134. The largest absolute Gasteiger partial charge is 0.347 e. The van der Waals surface area contributed by atoms with Gasteiger partial charge in [0.05, 0.1) is 23.6 Å². The number of carbonyl (C=O) groups excluding carboxylic acids is 1. The zero-order chi connectivity index (χ0) is 17.6. The standard InChI is InChI=1S/C17H20N6OS/c1-10-12-4-11(5-19-17(12)25-21-10)16(24)20-14-8-22(2)7-13(14)15-6-18-9-23(15)3/h4-6,9,13-14H,7-8H2,1-3H3,(H,20,24)/t13-,14-/m1/s1. The molecule has 0 saturated carbocycles. The molecule has 8 heteroatoms. The number of hydrogen-bond acceptors (Lipinski definition) is 6. The average molecular weight is 356 g/mol. The highest BCUT2D eigenvalue weighted by atomic mass is 32.1. The number of nitrogens with one attached hydrogen (secondary N) is 1. The van der Waals surface area contributed by atoms with Crippen molar-refractivity contribution in [1.82, 2.24) is 29.1 Å². The van der Waals surface area contributed by atoms with Crippen LogP contribution in [0.15, 0.2) is 24.8 Å². The normalized spacial score (nSPS) is 21.1. The molecule has 130 valence electrons. The smallest absolute Gasteiger partial charge is 0.253 e. The van der Waals surface area contributed by atoms with Gasteiger partial charge in [-0.3, -0.25) is 4.79 Å². The third kappa shape index (κ3) is 2.91. The predicted molar refractivity (Wildman–Crippen MR) is 96.9 cm³/mol. The van der Waals surface area contributed by atoms with Gasteiger partial charge < -0.3 is 14.8 Å². The van der Waals surface area contributed by atoms with Crippen LogP contribution in [0.1, 0.15) is 27.7 Å². The van der Waals surface area contributed by atoms with Crippen molar-refractivity contribution in [1.29, 1.82) is 0 Å². The highest BCUT2D eigenvalue weighted by molar-refractivity contribution is 7.12. The first-order valence-electron chi connectivity index (χ1n) is 8.20. The highest BCUT2D eigenvalue weighted by Gasteiger charge is 2.34. The molecule has 25 heavy (non-hydrogen) atoms. The van der Waals surface area contributed by atoms with Crippen LogP contribution in [0.25, 0.3) is 10.2 Å². The lowest BCUT2D eigenvalue weighted by atomic mass is 9.99. The first kappa shape index (κ1) is 16.2. The molecule has 4 rings (SSSR count). The minimum Gasteiger partial charge on any atom is -0.347 e. The van der Waals surface area contributed by atoms with Crippen LogP contribution in [0, 0.1) is 6.92 Å². The van der Waals surface area contributed by atoms with E-state index in [-0.39, 0.29) is 17.9 Å². The van der Waals surface area contributed by atoms with Gasteiger partial charge in [-0.2, -0.15) is 4.37 Å². The van der Waals surface area contributed by atoms with Crippen molar-refractivity contribution < 1.29 is 4.79 Å². The summed E-state index contributed by atoms with van der Waals surface area (Å²) in [5, 5.41) is 4.14. The molecule has 0 unspecified atom stereocenters. The molecule has 1 aliphatic rings. The summed E-state index contributed by atoms with van der Waals surface area (Å²) in [4.78, 5) is 24.5. The van der Waals surface area contributed by atoms with E-state index in [0.717, 1.165) is 34.7 Å². The number of amides is 1. The lowest BCUT2D eigenvalue weighted by Gasteiger charge is -2.20. The lowest BCUT2D eigenvalue weighted by Crippen LogP contribution is -2.40. The van der Waals surface area contributed by atoms with Gasteiger partial charge in [0.15, 0.2) is 0 Å². The van der Waals surface area contributed by atoms with E-state index in [1.54, 1.807) is 12.5 Å². The third-order valence-corrected chi connectivity index (χ3v) is 5.69. The number of aryl methyl sites for hydroxylation is 2.